The maximum Gasteiger partial charge on any atom is 0.303 e. The lowest BCUT2D eigenvalue weighted by molar-refractivity contribution is -0.151. The van der Waals surface area contributed by atoms with Gasteiger partial charge in [0.2, 0.25) is 0 Å². The summed E-state index contributed by atoms with van der Waals surface area (Å²) in [6.45, 7) is 7.12. The molecule has 0 amide bonds. The minimum Gasteiger partial charge on any atom is -0.458 e. The summed E-state index contributed by atoms with van der Waals surface area (Å²) >= 11 is 14.2. The van der Waals surface area contributed by atoms with Gasteiger partial charge in [0.15, 0.2) is 11.6 Å². The van der Waals surface area contributed by atoms with Crippen LogP contribution in [0.4, 0.5) is 0 Å². The van der Waals surface area contributed by atoms with Gasteiger partial charge in [0, 0.05) is 18.3 Å². The maximum atomic E-state index is 13.1. The van der Waals surface area contributed by atoms with E-state index in [1.165, 1.54) is 13.0 Å². The van der Waals surface area contributed by atoms with Crippen LogP contribution in [-0.4, -0.2) is 45.6 Å². The summed E-state index contributed by atoms with van der Waals surface area (Å²) in [5, 5.41) is 11.2. The fraction of sp³-hybridized carbons (Fsp3) is 0.708. The number of carbonyl (C=O) groups excluding carboxylic acids is 3. The summed E-state index contributed by atoms with van der Waals surface area (Å²) in [6, 6.07) is 0. The van der Waals surface area contributed by atoms with Gasteiger partial charge in [0.25, 0.3) is 0 Å². The van der Waals surface area contributed by atoms with E-state index in [0.717, 1.165) is 12.0 Å². The number of aliphatic hydroxyl groups is 1. The van der Waals surface area contributed by atoms with E-state index in [-0.39, 0.29) is 47.2 Å². The molecule has 4 aliphatic rings. The zero-order valence-electron chi connectivity index (χ0n) is 18.4. The molecule has 0 heterocycles. The third kappa shape index (κ3) is 3.10. The lowest BCUT2D eigenvalue weighted by Gasteiger charge is -2.64. The van der Waals surface area contributed by atoms with E-state index in [1.54, 1.807) is 6.08 Å². The Morgan fingerprint density at radius 3 is 2.58 bits per heavy atom. The molecule has 0 saturated heterocycles. The number of hydrogen-bond donors (Lipinski definition) is 1. The van der Waals surface area contributed by atoms with E-state index < -0.39 is 27.8 Å². The Bertz CT molecular complexity index is 896. The number of esters is 1. The third-order valence-electron chi connectivity index (χ3n) is 8.73. The Hall–Kier alpha value is -1.17. The van der Waals surface area contributed by atoms with Gasteiger partial charge in [-0.15, -0.1) is 23.2 Å². The van der Waals surface area contributed by atoms with Crippen LogP contribution in [0.25, 0.3) is 0 Å². The highest BCUT2D eigenvalue weighted by Gasteiger charge is 2.71. The summed E-state index contributed by atoms with van der Waals surface area (Å²) in [5.41, 5.74) is -0.451. The Morgan fingerprint density at radius 2 is 1.94 bits per heavy atom. The van der Waals surface area contributed by atoms with Crippen LogP contribution < -0.4 is 0 Å². The Balaban J connectivity index is 1.74. The number of halogens is 2. The van der Waals surface area contributed by atoms with Crippen LogP contribution in [-0.2, 0) is 19.1 Å². The number of allylic oxidation sites excluding steroid dienone is 4. The second-order valence-corrected chi connectivity index (χ2v) is 11.5. The van der Waals surface area contributed by atoms with E-state index >= 15 is 0 Å². The van der Waals surface area contributed by atoms with Crippen molar-refractivity contribution in [3.63, 3.8) is 0 Å². The van der Waals surface area contributed by atoms with E-state index in [2.05, 4.69) is 13.8 Å². The molecule has 0 spiro atoms. The SMILES string of the molecule is CC(=O)OCC(=O)[C@H]1[C@H](C)C[C@H]2[C@@H]3C[C@H](Cl)C4=CC(=O)C=C[C@]4(C)[C@@]3(Cl)[C@@H](O)C[C@@]21C. The minimum absolute atomic E-state index is 0.0753. The van der Waals surface area contributed by atoms with Crippen molar-refractivity contribution in [2.75, 3.05) is 6.61 Å². The maximum absolute atomic E-state index is 13.1. The van der Waals surface area contributed by atoms with E-state index in [1.807, 2.05) is 13.0 Å². The Morgan fingerprint density at radius 1 is 1.26 bits per heavy atom. The van der Waals surface area contributed by atoms with E-state index in [4.69, 9.17) is 27.9 Å². The molecular weight excluding hydrogens is 439 g/mol. The van der Waals surface area contributed by atoms with Crippen molar-refractivity contribution in [1.29, 1.82) is 0 Å². The van der Waals surface area contributed by atoms with E-state index in [9.17, 15) is 19.5 Å². The third-order valence-corrected chi connectivity index (χ3v) is 10.1. The summed E-state index contributed by atoms with van der Waals surface area (Å²) in [4.78, 5) is 35.4. The minimum atomic E-state index is -1.01. The molecule has 0 aromatic heterocycles. The zero-order valence-corrected chi connectivity index (χ0v) is 19.9. The molecule has 0 radical (unpaired) electrons. The first-order valence-electron chi connectivity index (χ1n) is 11.0. The predicted molar refractivity (Wildman–Crippen MR) is 118 cm³/mol. The number of alkyl halides is 2. The highest BCUT2D eigenvalue weighted by atomic mass is 35.5. The van der Waals surface area contributed by atoms with Crippen LogP contribution in [0, 0.1) is 34.5 Å². The van der Waals surface area contributed by atoms with Crippen LogP contribution in [0.5, 0.6) is 0 Å². The first-order chi connectivity index (χ1) is 14.4. The molecule has 4 aliphatic carbocycles. The highest BCUT2D eigenvalue weighted by Crippen LogP contribution is 2.70. The van der Waals surface area contributed by atoms with Gasteiger partial charge in [0.1, 0.15) is 6.61 Å². The number of hydrogen-bond acceptors (Lipinski definition) is 5. The molecule has 5 nitrogen and oxygen atoms in total. The predicted octanol–water partition coefficient (Wildman–Crippen LogP) is 3.84. The topological polar surface area (TPSA) is 80.7 Å². The number of ether oxygens (including phenoxy) is 1. The molecule has 7 heteroatoms. The Labute approximate surface area is 193 Å². The number of Topliss-reactive ketones (excluding diaryl/α,β-unsaturated/α-hetero) is 1. The molecule has 0 aliphatic heterocycles. The fourth-order valence-electron chi connectivity index (χ4n) is 7.52. The Kier molecular flexibility index (Phi) is 5.51. The van der Waals surface area contributed by atoms with Gasteiger partial charge in [-0.2, -0.15) is 0 Å². The monoisotopic (exact) mass is 468 g/mol. The smallest absolute Gasteiger partial charge is 0.303 e. The molecule has 0 unspecified atom stereocenters. The van der Waals surface area contributed by atoms with Crippen LogP contribution in [0.1, 0.15) is 47.0 Å². The van der Waals surface area contributed by atoms with Crippen molar-refractivity contribution in [2.45, 2.75) is 63.3 Å². The number of fused-ring (bicyclic) bond motifs is 5. The average Bonchev–Trinajstić information content (AvgIpc) is 2.94. The standard InChI is InChI=1S/C24H30Cl2O5/c1-12-7-15-16-9-18(25)17-8-14(28)5-6-23(17,4)24(16,26)20(30)10-22(15,3)21(12)19(29)11-31-13(2)27/h5-6,8,12,15-16,18,20-21,30H,7,9-11H2,1-4H3/t12-,15+,16+,18+,20+,21-,22+,23+,24+/m1/s1. The first kappa shape index (κ1) is 23.0. The summed E-state index contributed by atoms with van der Waals surface area (Å²) in [5.74, 6) is -0.985. The molecular formula is C24H30Cl2O5. The summed E-state index contributed by atoms with van der Waals surface area (Å²) in [6.07, 6.45) is 5.72. The number of rotatable bonds is 3. The van der Waals surface area contributed by atoms with Gasteiger partial charge in [0.05, 0.1) is 16.4 Å². The van der Waals surface area contributed by atoms with Crippen molar-refractivity contribution in [3.8, 4) is 0 Å². The molecule has 3 fully saturated rings. The number of aliphatic hydroxyl groups excluding tert-OH is 1. The van der Waals surface area contributed by atoms with Crippen molar-refractivity contribution in [2.24, 2.45) is 34.5 Å². The lowest BCUT2D eigenvalue weighted by Crippen LogP contribution is -2.67. The number of carbonyl (C=O) groups is 3. The van der Waals surface area contributed by atoms with Gasteiger partial charge in [-0.05, 0) is 60.2 Å². The molecule has 0 bridgehead atoms. The fourth-order valence-corrected chi connectivity index (χ4v) is 8.49. The van der Waals surface area contributed by atoms with Gasteiger partial charge < -0.3 is 9.84 Å². The molecule has 4 rings (SSSR count). The van der Waals surface area contributed by atoms with Gasteiger partial charge in [-0.3, -0.25) is 14.4 Å². The van der Waals surface area contributed by atoms with Crippen molar-refractivity contribution in [3.05, 3.63) is 23.8 Å². The molecule has 0 aromatic carbocycles. The number of ketones is 2. The molecule has 1 N–H and O–H groups in total. The largest absolute Gasteiger partial charge is 0.458 e. The molecule has 9 atom stereocenters. The van der Waals surface area contributed by atoms with Crippen molar-refractivity contribution < 1.29 is 24.2 Å². The quantitative estimate of drug-likeness (QED) is 0.502. The normalized spacial score (nSPS) is 48.4. The van der Waals surface area contributed by atoms with Gasteiger partial charge in [-0.1, -0.05) is 26.8 Å². The summed E-state index contributed by atoms with van der Waals surface area (Å²) in [7, 11) is 0. The second-order valence-electron chi connectivity index (χ2n) is 10.4. The van der Waals surface area contributed by atoms with Crippen LogP contribution in [0.3, 0.4) is 0 Å². The second kappa shape index (κ2) is 7.43. The van der Waals surface area contributed by atoms with E-state index in [0.29, 0.717) is 12.8 Å². The molecule has 170 valence electrons. The highest BCUT2D eigenvalue weighted by molar-refractivity contribution is 6.28. The van der Waals surface area contributed by atoms with Crippen LogP contribution in [0.15, 0.2) is 23.8 Å². The van der Waals surface area contributed by atoms with Crippen LogP contribution >= 0.6 is 23.2 Å². The summed E-state index contributed by atoms with van der Waals surface area (Å²) < 4.78 is 5.01. The van der Waals surface area contributed by atoms with Gasteiger partial charge in [-0.25, -0.2) is 0 Å². The molecule has 0 aromatic rings. The van der Waals surface area contributed by atoms with Crippen LogP contribution in [0.2, 0.25) is 0 Å². The van der Waals surface area contributed by atoms with Gasteiger partial charge >= 0.3 is 5.97 Å². The average molecular weight is 469 g/mol. The van der Waals surface area contributed by atoms with Crippen molar-refractivity contribution >= 4 is 40.7 Å². The zero-order chi connectivity index (χ0) is 22.9. The molecule has 31 heavy (non-hydrogen) atoms. The first-order valence-corrected chi connectivity index (χ1v) is 11.8. The lowest BCUT2D eigenvalue weighted by atomic mass is 9.46. The van der Waals surface area contributed by atoms with Crippen molar-refractivity contribution in [1.82, 2.24) is 0 Å². The molecule has 3 saturated carbocycles.